The van der Waals surface area contributed by atoms with E-state index < -0.39 is 0 Å². The maximum atomic E-state index is 3.69. The molecule has 4 heteroatoms. The fourth-order valence-corrected chi connectivity index (χ4v) is 7.61. The summed E-state index contributed by atoms with van der Waals surface area (Å²) in [6, 6.07) is 41.6. The molecule has 34 heavy (non-hydrogen) atoms. The van der Waals surface area contributed by atoms with Gasteiger partial charge in [0, 0.05) is 0 Å². The Balaban J connectivity index is 1.70. The summed E-state index contributed by atoms with van der Waals surface area (Å²) in [6.45, 7) is 0. The molecule has 0 spiro atoms. The molecule has 0 unspecified atom stereocenters. The van der Waals surface area contributed by atoms with Crippen LogP contribution in [0.3, 0.4) is 0 Å². The van der Waals surface area contributed by atoms with Gasteiger partial charge < -0.3 is 0 Å². The van der Waals surface area contributed by atoms with Crippen LogP contribution < -0.4 is 0 Å². The van der Waals surface area contributed by atoms with E-state index in [0.29, 0.717) is 14.5 Å². The first-order valence-corrected chi connectivity index (χ1v) is 13.7. The van der Waals surface area contributed by atoms with Crippen LogP contribution in [-0.4, -0.2) is 23.6 Å². The number of aromatic nitrogens is 2. The van der Waals surface area contributed by atoms with Gasteiger partial charge in [-0.1, -0.05) is 0 Å². The third-order valence-corrected chi connectivity index (χ3v) is 9.50. The van der Waals surface area contributed by atoms with Crippen LogP contribution in [0.5, 0.6) is 0 Å². The van der Waals surface area contributed by atoms with E-state index in [1.165, 1.54) is 57.6 Å². The molecule has 0 radical (unpaired) electrons. The number of hydrogen-bond donors (Lipinski definition) is 0. The minimum absolute atomic E-state index is 0.326. The molecule has 0 atom stereocenters. The van der Waals surface area contributed by atoms with Crippen LogP contribution in [-0.2, 0) is 0 Å². The second-order valence-electron chi connectivity index (χ2n) is 8.39. The zero-order valence-corrected chi connectivity index (χ0v) is 21.4. The van der Waals surface area contributed by atoms with Gasteiger partial charge in [-0.2, -0.15) is 0 Å². The quantitative estimate of drug-likeness (QED) is 0.191. The van der Waals surface area contributed by atoms with E-state index >= 15 is 0 Å². The van der Waals surface area contributed by atoms with Crippen molar-refractivity contribution in [2.75, 3.05) is 0 Å². The molecular weight excluding hydrogens is 547 g/mol. The van der Waals surface area contributed by atoms with E-state index in [1.54, 1.807) is 0 Å². The Hall–Kier alpha value is -3.30. The molecule has 7 rings (SSSR count). The van der Waals surface area contributed by atoms with Crippen molar-refractivity contribution in [2.24, 2.45) is 0 Å². The molecule has 0 bridgehead atoms. The van der Waals surface area contributed by atoms with Gasteiger partial charge in [0.15, 0.2) is 0 Å². The summed E-state index contributed by atoms with van der Waals surface area (Å²) in [5.41, 5.74) is 7.31. The molecule has 0 saturated carbocycles. The molecule has 2 nitrogen and oxygen atoms in total. The molecule has 3 aromatic heterocycles. The van der Waals surface area contributed by atoms with E-state index in [1.807, 2.05) is 0 Å². The summed E-state index contributed by atoms with van der Waals surface area (Å²) in [5.74, 6) is 0. The molecule has 0 aliphatic carbocycles. The van der Waals surface area contributed by atoms with E-state index in [4.69, 9.17) is 0 Å². The predicted octanol–water partition coefficient (Wildman–Crippen LogP) is 8.21. The molecular formula is C30H19BrN2Se. The van der Waals surface area contributed by atoms with E-state index in [-0.39, 0.29) is 0 Å². The standard InChI is InChI=1S/C30H19BrN2Se/c31-28-18-17-27(34-28)20-15-16-26-24(19-20)29-23-13-7-8-14-25(23)32(21-9-3-1-4-10-21)30(29)33(26)22-11-5-2-6-12-22/h1-19H. The fraction of sp³-hybridized carbons (Fsp3) is 0. The van der Waals surface area contributed by atoms with E-state index in [0.717, 1.165) is 0 Å². The third-order valence-electron chi connectivity index (χ3n) is 6.45. The van der Waals surface area contributed by atoms with E-state index in [9.17, 15) is 0 Å². The number of nitrogens with zero attached hydrogens (tertiary/aromatic N) is 2. The topological polar surface area (TPSA) is 9.86 Å². The van der Waals surface area contributed by atoms with Gasteiger partial charge >= 0.3 is 212 Å². The van der Waals surface area contributed by atoms with Gasteiger partial charge in [0.25, 0.3) is 0 Å². The number of benzene rings is 4. The van der Waals surface area contributed by atoms with Gasteiger partial charge in [0.2, 0.25) is 0 Å². The molecule has 0 saturated heterocycles. The van der Waals surface area contributed by atoms with E-state index in [2.05, 4.69) is 140 Å². The van der Waals surface area contributed by atoms with Crippen molar-refractivity contribution in [1.29, 1.82) is 0 Å². The van der Waals surface area contributed by atoms with Crippen LogP contribution in [0, 0.1) is 0 Å². The summed E-state index contributed by atoms with van der Waals surface area (Å²) in [6.07, 6.45) is 0. The van der Waals surface area contributed by atoms with Crippen LogP contribution in [0.15, 0.2) is 119 Å². The number of halogens is 1. The van der Waals surface area contributed by atoms with Crippen LogP contribution in [0.2, 0.25) is 0 Å². The molecule has 0 N–H and O–H groups in total. The molecule has 0 aliphatic heterocycles. The summed E-state index contributed by atoms with van der Waals surface area (Å²) in [7, 11) is 0. The normalized spacial score (nSPS) is 11.7. The zero-order chi connectivity index (χ0) is 22.6. The molecule has 162 valence electrons. The maximum absolute atomic E-state index is 3.69. The summed E-state index contributed by atoms with van der Waals surface area (Å²) >= 11 is 4.02. The average Bonchev–Trinajstić information content (AvgIpc) is 3.56. The summed E-state index contributed by atoms with van der Waals surface area (Å²) < 4.78 is 7.54. The van der Waals surface area contributed by atoms with Crippen molar-refractivity contribution < 1.29 is 0 Å². The van der Waals surface area contributed by atoms with Gasteiger partial charge in [-0.25, -0.2) is 0 Å². The Labute approximate surface area is 211 Å². The average molecular weight is 566 g/mol. The van der Waals surface area contributed by atoms with Gasteiger partial charge in [-0.3, -0.25) is 0 Å². The second kappa shape index (κ2) is 7.88. The van der Waals surface area contributed by atoms with Crippen molar-refractivity contribution in [3.05, 3.63) is 119 Å². The Bertz CT molecular complexity index is 1810. The molecule has 7 aromatic rings. The van der Waals surface area contributed by atoms with Crippen molar-refractivity contribution in [3.63, 3.8) is 0 Å². The van der Waals surface area contributed by atoms with Gasteiger partial charge in [-0.15, -0.1) is 0 Å². The molecule has 4 aromatic carbocycles. The Morgan fingerprint density at radius 3 is 1.82 bits per heavy atom. The monoisotopic (exact) mass is 566 g/mol. The van der Waals surface area contributed by atoms with Gasteiger partial charge in [-0.05, 0) is 0 Å². The van der Waals surface area contributed by atoms with Crippen LogP contribution >= 0.6 is 15.9 Å². The van der Waals surface area contributed by atoms with Crippen LogP contribution in [0.25, 0.3) is 54.2 Å². The van der Waals surface area contributed by atoms with Gasteiger partial charge in [0.05, 0.1) is 0 Å². The number of rotatable bonds is 3. The third kappa shape index (κ3) is 3.00. The molecule has 0 aliphatic rings. The molecule has 3 heterocycles. The molecule has 0 amide bonds. The summed E-state index contributed by atoms with van der Waals surface area (Å²) in [5, 5.41) is 3.88. The first-order chi connectivity index (χ1) is 16.8. The Morgan fingerprint density at radius 2 is 1.18 bits per heavy atom. The first-order valence-electron chi connectivity index (χ1n) is 11.2. The Morgan fingerprint density at radius 1 is 0.559 bits per heavy atom. The number of hydrogen-bond acceptors (Lipinski definition) is 0. The predicted molar refractivity (Wildman–Crippen MR) is 148 cm³/mol. The molecule has 0 fully saturated rings. The van der Waals surface area contributed by atoms with Crippen molar-refractivity contribution in [2.45, 2.75) is 0 Å². The zero-order valence-electron chi connectivity index (χ0n) is 18.2. The number of para-hydroxylation sites is 3. The van der Waals surface area contributed by atoms with Crippen LogP contribution in [0.4, 0.5) is 0 Å². The SMILES string of the molecule is Brc1ccc(-c2ccc3c(c2)c2c4ccccc4n(-c4ccccc4)c2n3-c2ccccc2)[se]1. The van der Waals surface area contributed by atoms with Crippen molar-refractivity contribution >= 4 is 63.3 Å². The fourth-order valence-electron chi connectivity index (χ4n) is 5.05. The first kappa shape index (κ1) is 20.1. The second-order valence-corrected chi connectivity index (χ2v) is 12.7. The summed E-state index contributed by atoms with van der Waals surface area (Å²) in [4.78, 5) is 0. The van der Waals surface area contributed by atoms with Crippen LogP contribution in [0.1, 0.15) is 0 Å². The van der Waals surface area contributed by atoms with Crippen molar-refractivity contribution in [1.82, 2.24) is 9.13 Å². The number of fused-ring (bicyclic) bond motifs is 5. The minimum atomic E-state index is 0.326. The van der Waals surface area contributed by atoms with Crippen molar-refractivity contribution in [3.8, 4) is 21.4 Å². The Kier molecular flexibility index (Phi) is 4.66. The van der Waals surface area contributed by atoms with Gasteiger partial charge in [0.1, 0.15) is 0 Å².